The normalized spacial score (nSPS) is 12.0. The molecule has 0 bridgehead atoms. The first-order valence-corrected chi connectivity index (χ1v) is 9.61. The molecule has 0 saturated heterocycles. The van der Waals surface area contributed by atoms with Crippen LogP contribution in [0.15, 0.2) is 41.8 Å². The van der Waals surface area contributed by atoms with E-state index in [1.165, 1.54) is 4.88 Å². The molecular weight excluding hydrogens is 348 g/mol. The maximum atomic E-state index is 12.2. The van der Waals surface area contributed by atoms with Gasteiger partial charge in [-0.05, 0) is 56.7 Å². The quantitative estimate of drug-likeness (QED) is 0.647. The minimum atomic E-state index is -0.104. The second-order valence-corrected chi connectivity index (χ2v) is 7.16. The number of rotatable bonds is 10. The third kappa shape index (κ3) is 5.97. The summed E-state index contributed by atoms with van der Waals surface area (Å²) in [6.07, 6.45) is 0.391. The summed E-state index contributed by atoms with van der Waals surface area (Å²) in [7, 11) is 3.98. The summed E-state index contributed by atoms with van der Waals surface area (Å²) in [5, 5.41) is 4.97. The molecule has 1 amide bonds. The number of nitrogens with one attached hydrogen (secondary N) is 1. The monoisotopic (exact) mass is 374 g/mol. The highest BCUT2D eigenvalue weighted by molar-refractivity contribution is 7.10. The van der Waals surface area contributed by atoms with Crippen LogP contribution >= 0.6 is 11.3 Å². The summed E-state index contributed by atoms with van der Waals surface area (Å²) < 4.78 is 5.36. The Morgan fingerprint density at radius 3 is 2.46 bits per heavy atom. The molecule has 0 radical (unpaired) electrons. The number of ketones is 1. The number of hydrogen-bond acceptors (Lipinski definition) is 5. The number of carbonyl (C=O) groups is 2. The van der Waals surface area contributed by atoms with Gasteiger partial charge in [-0.25, -0.2) is 0 Å². The summed E-state index contributed by atoms with van der Waals surface area (Å²) >= 11 is 1.67. The van der Waals surface area contributed by atoms with Crippen LogP contribution in [0.4, 0.5) is 0 Å². The molecule has 0 spiro atoms. The number of thiophene rings is 1. The van der Waals surface area contributed by atoms with Crippen molar-refractivity contribution in [2.75, 3.05) is 27.2 Å². The Bertz CT molecular complexity index is 696. The van der Waals surface area contributed by atoms with Gasteiger partial charge in [0.25, 0.3) is 0 Å². The van der Waals surface area contributed by atoms with Crippen LogP contribution in [-0.4, -0.2) is 43.8 Å². The predicted octanol–water partition coefficient (Wildman–Crippen LogP) is 3.53. The van der Waals surface area contributed by atoms with Gasteiger partial charge in [0.1, 0.15) is 5.75 Å². The summed E-state index contributed by atoms with van der Waals surface area (Å²) in [6.45, 7) is 3.04. The molecule has 1 aromatic heterocycles. The van der Waals surface area contributed by atoms with Crippen LogP contribution in [0.1, 0.15) is 41.0 Å². The minimum Gasteiger partial charge on any atom is -0.494 e. The zero-order valence-electron chi connectivity index (χ0n) is 15.5. The number of hydrogen-bond donors (Lipinski definition) is 1. The molecule has 26 heavy (non-hydrogen) atoms. The molecule has 1 aromatic carbocycles. The Balaban J connectivity index is 1.79. The van der Waals surface area contributed by atoms with Crippen molar-refractivity contribution in [2.24, 2.45) is 0 Å². The fourth-order valence-corrected chi connectivity index (χ4v) is 3.52. The standard InChI is InChI=1S/C20H26N2O3S/c1-4-25-16-9-7-15(8-10-16)18(23)11-12-20(24)21-14-17(22(2)3)19-6-5-13-26-19/h5-10,13,17H,4,11-12,14H2,1-3H3,(H,21,24). The molecule has 1 N–H and O–H groups in total. The molecule has 6 heteroatoms. The largest absolute Gasteiger partial charge is 0.494 e. The van der Waals surface area contributed by atoms with Gasteiger partial charge in [-0.2, -0.15) is 0 Å². The molecule has 140 valence electrons. The van der Waals surface area contributed by atoms with E-state index < -0.39 is 0 Å². The van der Waals surface area contributed by atoms with Gasteiger partial charge in [-0.1, -0.05) is 6.07 Å². The van der Waals surface area contributed by atoms with E-state index in [4.69, 9.17) is 4.74 Å². The number of ether oxygens (including phenoxy) is 1. The molecule has 0 fully saturated rings. The van der Waals surface area contributed by atoms with Gasteiger partial charge >= 0.3 is 0 Å². The van der Waals surface area contributed by atoms with Gasteiger partial charge in [0.05, 0.1) is 12.6 Å². The Kier molecular flexibility index (Phi) is 7.81. The van der Waals surface area contributed by atoms with E-state index in [1.54, 1.807) is 35.6 Å². The third-order valence-electron chi connectivity index (χ3n) is 4.05. The Morgan fingerprint density at radius 2 is 1.88 bits per heavy atom. The van der Waals surface area contributed by atoms with E-state index in [0.29, 0.717) is 18.7 Å². The van der Waals surface area contributed by atoms with Crippen molar-refractivity contribution in [3.05, 3.63) is 52.2 Å². The van der Waals surface area contributed by atoms with Gasteiger partial charge < -0.3 is 15.0 Å². The summed E-state index contributed by atoms with van der Waals surface area (Å²) in [5.74, 6) is 0.600. The molecule has 0 aliphatic rings. The molecule has 1 heterocycles. The van der Waals surface area contributed by atoms with Crippen LogP contribution in [0.3, 0.4) is 0 Å². The Hall–Kier alpha value is -2.18. The second-order valence-electron chi connectivity index (χ2n) is 6.18. The van der Waals surface area contributed by atoms with E-state index in [9.17, 15) is 9.59 Å². The molecule has 1 unspecified atom stereocenters. The lowest BCUT2D eigenvalue weighted by Crippen LogP contribution is -2.34. The van der Waals surface area contributed by atoms with E-state index in [1.807, 2.05) is 32.5 Å². The first-order valence-electron chi connectivity index (χ1n) is 8.73. The number of amides is 1. The van der Waals surface area contributed by atoms with E-state index in [-0.39, 0.29) is 30.6 Å². The van der Waals surface area contributed by atoms with Crippen molar-refractivity contribution >= 4 is 23.0 Å². The van der Waals surface area contributed by atoms with Crippen molar-refractivity contribution in [3.63, 3.8) is 0 Å². The van der Waals surface area contributed by atoms with Gasteiger partial charge in [0.2, 0.25) is 5.91 Å². The zero-order chi connectivity index (χ0) is 18.9. The smallest absolute Gasteiger partial charge is 0.220 e. The molecule has 0 saturated carbocycles. The van der Waals surface area contributed by atoms with Crippen LogP contribution in [0.25, 0.3) is 0 Å². The number of benzene rings is 1. The minimum absolute atomic E-state index is 0.0365. The van der Waals surface area contributed by atoms with Crippen molar-refractivity contribution in [3.8, 4) is 5.75 Å². The van der Waals surface area contributed by atoms with Gasteiger partial charge in [-0.15, -0.1) is 11.3 Å². The van der Waals surface area contributed by atoms with E-state index in [2.05, 4.69) is 16.3 Å². The van der Waals surface area contributed by atoms with Crippen LogP contribution < -0.4 is 10.1 Å². The van der Waals surface area contributed by atoms with Crippen molar-refractivity contribution < 1.29 is 14.3 Å². The van der Waals surface area contributed by atoms with Crippen molar-refractivity contribution in [1.82, 2.24) is 10.2 Å². The lowest BCUT2D eigenvalue weighted by molar-refractivity contribution is -0.121. The molecule has 0 aliphatic heterocycles. The third-order valence-corrected chi connectivity index (χ3v) is 5.03. The molecule has 5 nitrogen and oxygen atoms in total. The molecule has 0 aliphatic carbocycles. The summed E-state index contributed by atoms with van der Waals surface area (Å²) in [5.41, 5.74) is 0.603. The van der Waals surface area contributed by atoms with E-state index in [0.717, 1.165) is 5.75 Å². The van der Waals surface area contributed by atoms with Gasteiger partial charge in [0, 0.05) is 29.8 Å². The average molecular weight is 375 g/mol. The lowest BCUT2D eigenvalue weighted by atomic mass is 10.1. The first kappa shape index (κ1) is 20.1. The average Bonchev–Trinajstić information content (AvgIpc) is 3.15. The van der Waals surface area contributed by atoms with Crippen LogP contribution in [0, 0.1) is 0 Å². The molecule has 2 aromatic rings. The highest BCUT2D eigenvalue weighted by Crippen LogP contribution is 2.22. The zero-order valence-corrected chi connectivity index (χ0v) is 16.3. The number of nitrogens with zero attached hydrogens (tertiary/aromatic N) is 1. The van der Waals surface area contributed by atoms with Crippen LogP contribution in [0.5, 0.6) is 5.75 Å². The summed E-state index contributed by atoms with van der Waals surface area (Å²) in [6, 6.07) is 11.2. The number of carbonyl (C=O) groups excluding carboxylic acids is 2. The highest BCUT2D eigenvalue weighted by atomic mass is 32.1. The van der Waals surface area contributed by atoms with Gasteiger partial charge in [0.15, 0.2) is 5.78 Å². The molecular formula is C20H26N2O3S. The Morgan fingerprint density at radius 1 is 1.15 bits per heavy atom. The van der Waals surface area contributed by atoms with Crippen LogP contribution in [-0.2, 0) is 4.79 Å². The maximum absolute atomic E-state index is 12.2. The number of likely N-dealkylation sites (N-methyl/N-ethyl adjacent to an activating group) is 1. The first-order chi connectivity index (χ1) is 12.5. The Labute approximate surface area is 159 Å². The number of Topliss-reactive ketones (excluding diaryl/α,β-unsaturated/α-hetero) is 1. The predicted molar refractivity (Wildman–Crippen MR) is 105 cm³/mol. The van der Waals surface area contributed by atoms with Gasteiger partial charge in [-0.3, -0.25) is 9.59 Å². The lowest BCUT2D eigenvalue weighted by Gasteiger charge is -2.23. The van der Waals surface area contributed by atoms with Crippen LogP contribution in [0.2, 0.25) is 0 Å². The van der Waals surface area contributed by atoms with Crippen molar-refractivity contribution in [1.29, 1.82) is 0 Å². The van der Waals surface area contributed by atoms with Crippen molar-refractivity contribution in [2.45, 2.75) is 25.8 Å². The topological polar surface area (TPSA) is 58.6 Å². The fraction of sp³-hybridized carbons (Fsp3) is 0.400. The second kappa shape index (κ2) is 10.1. The molecule has 2 rings (SSSR count). The summed E-state index contributed by atoms with van der Waals surface area (Å²) in [4.78, 5) is 27.6. The maximum Gasteiger partial charge on any atom is 0.220 e. The SMILES string of the molecule is CCOc1ccc(C(=O)CCC(=O)NCC(c2cccs2)N(C)C)cc1. The highest BCUT2D eigenvalue weighted by Gasteiger charge is 2.16. The molecule has 1 atom stereocenters. The van der Waals surface area contributed by atoms with E-state index >= 15 is 0 Å². The fourth-order valence-electron chi connectivity index (χ4n) is 2.59.